The highest BCUT2D eigenvalue weighted by molar-refractivity contribution is 7.75. The second kappa shape index (κ2) is 10.1. The van der Waals surface area contributed by atoms with Gasteiger partial charge in [0.25, 0.3) is 0 Å². The van der Waals surface area contributed by atoms with Gasteiger partial charge in [0.05, 0.1) is 23.1 Å². The lowest BCUT2D eigenvalue weighted by molar-refractivity contribution is 0.0735. The third-order valence-electron chi connectivity index (χ3n) is 4.83. The van der Waals surface area contributed by atoms with E-state index in [0.29, 0.717) is 34.6 Å². The molecule has 0 fully saturated rings. The zero-order valence-electron chi connectivity index (χ0n) is 17.7. The maximum Gasteiger partial charge on any atom is 0.343 e. The van der Waals surface area contributed by atoms with E-state index in [4.69, 9.17) is 18.4 Å². The maximum absolute atomic E-state index is 12.8. The van der Waals surface area contributed by atoms with Crippen molar-refractivity contribution in [3.8, 4) is 23.0 Å². The second-order valence-corrected chi connectivity index (χ2v) is 7.15. The lowest BCUT2D eigenvalue weighted by atomic mass is 10.1. The van der Waals surface area contributed by atoms with Gasteiger partial charge in [-0.05, 0) is 73.0 Å². The van der Waals surface area contributed by atoms with Gasteiger partial charge >= 0.3 is 11.9 Å². The lowest BCUT2D eigenvalue weighted by Crippen LogP contribution is -2.11. The van der Waals surface area contributed by atoms with Crippen LogP contribution in [0.25, 0.3) is 10.8 Å². The zero-order chi connectivity index (χ0) is 23.2. The van der Waals surface area contributed by atoms with Gasteiger partial charge < -0.3 is 18.4 Å². The Balaban J connectivity index is 1.61. The molecule has 4 aromatic carbocycles. The summed E-state index contributed by atoms with van der Waals surface area (Å²) in [6, 6.07) is 23.6. The molecule has 0 spiro atoms. The predicted molar refractivity (Wildman–Crippen MR) is 128 cm³/mol. The van der Waals surface area contributed by atoms with Crippen LogP contribution in [0.4, 0.5) is 0 Å². The summed E-state index contributed by atoms with van der Waals surface area (Å²) in [5.41, 5.74) is 0.710. The van der Waals surface area contributed by atoms with Crippen molar-refractivity contribution in [3.05, 3.63) is 96.1 Å². The van der Waals surface area contributed by atoms with E-state index in [1.165, 1.54) is 0 Å². The third-order valence-corrected chi connectivity index (χ3v) is 5.04. The van der Waals surface area contributed by atoms with Crippen molar-refractivity contribution in [1.29, 1.82) is 0 Å². The van der Waals surface area contributed by atoms with Crippen molar-refractivity contribution in [2.45, 2.75) is 6.92 Å². The lowest BCUT2D eigenvalue weighted by Gasteiger charge is -2.12. The van der Waals surface area contributed by atoms with E-state index < -0.39 is 11.9 Å². The topological polar surface area (TPSA) is 71.1 Å². The largest absolute Gasteiger partial charge is 0.494 e. The molecule has 0 unspecified atom stereocenters. The number of fused-ring (bicyclic) bond motifs is 1. The van der Waals surface area contributed by atoms with Gasteiger partial charge in [0.15, 0.2) is 0 Å². The minimum atomic E-state index is -0.555. The Morgan fingerprint density at radius 1 is 0.697 bits per heavy atom. The molecule has 33 heavy (non-hydrogen) atoms. The predicted octanol–water partition coefficient (Wildman–Crippen LogP) is 5.90. The second-order valence-electron chi connectivity index (χ2n) is 6.96. The molecule has 0 amide bonds. The van der Waals surface area contributed by atoms with E-state index >= 15 is 0 Å². The highest BCUT2D eigenvalue weighted by Crippen LogP contribution is 2.35. The van der Waals surface area contributed by atoms with Gasteiger partial charge in [-0.2, -0.15) is 0 Å². The Morgan fingerprint density at radius 3 is 1.64 bits per heavy atom. The van der Waals surface area contributed by atoms with Crippen LogP contribution in [-0.4, -0.2) is 18.5 Å². The minimum absolute atomic E-state index is 0.280. The average Bonchev–Trinajstić information content (AvgIpc) is 2.85. The Hall–Kier alpha value is -3.97. The smallest absolute Gasteiger partial charge is 0.343 e. The van der Waals surface area contributed by atoms with Crippen LogP contribution in [0, 0.1) is 0 Å². The standard InChI is InChI=1S/C26H20O6S/c1-2-29-20-13-9-18(10-14-20)25(27)30-22-7-3-5-17-6-4-8-23(24(17)22)31-26(28)19-11-15-21(32-33)16-12-19/h3-16,33H,2H2,1H3. The van der Waals surface area contributed by atoms with E-state index in [2.05, 4.69) is 12.9 Å². The van der Waals surface area contributed by atoms with Crippen LogP contribution in [0.2, 0.25) is 0 Å². The number of benzene rings is 4. The molecule has 166 valence electrons. The van der Waals surface area contributed by atoms with E-state index in [1.807, 2.05) is 19.1 Å². The minimum Gasteiger partial charge on any atom is -0.494 e. The van der Waals surface area contributed by atoms with Crippen LogP contribution >= 0.6 is 12.9 Å². The van der Waals surface area contributed by atoms with Crippen LogP contribution in [0.1, 0.15) is 27.6 Å². The molecule has 0 aromatic heterocycles. The first-order chi connectivity index (χ1) is 16.1. The SMILES string of the molecule is CCOc1ccc(C(=O)Oc2cccc3cccc(OC(=O)c4ccc(OS)cc4)c23)cc1. The van der Waals surface area contributed by atoms with E-state index in [1.54, 1.807) is 72.8 Å². The Labute approximate surface area is 196 Å². The summed E-state index contributed by atoms with van der Waals surface area (Å²) in [4.78, 5) is 25.4. The van der Waals surface area contributed by atoms with Gasteiger partial charge in [-0.15, -0.1) is 0 Å². The molecule has 0 saturated heterocycles. The van der Waals surface area contributed by atoms with Crippen molar-refractivity contribution < 1.29 is 28.0 Å². The Morgan fingerprint density at radius 2 is 1.18 bits per heavy atom. The van der Waals surface area contributed by atoms with Gasteiger partial charge in [0, 0.05) is 12.9 Å². The van der Waals surface area contributed by atoms with E-state index in [9.17, 15) is 9.59 Å². The summed E-state index contributed by atoms with van der Waals surface area (Å²) >= 11 is 3.73. The van der Waals surface area contributed by atoms with Gasteiger partial charge in [-0.1, -0.05) is 24.3 Å². The van der Waals surface area contributed by atoms with Crippen LogP contribution in [-0.2, 0) is 0 Å². The molecule has 0 aliphatic rings. The Kier molecular flexibility index (Phi) is 6.80. The van der Waals surface area contributed by atoms with E-state index in [-0.39, 0.29) is 11.5 Å². The van der Waals surface area contributed by atoms with Crippen molar-refractivity contribution >= 4 is 35.6 Å². The van der Waals surface area contributed by atoms with Crippen molar-refractivity contribution in [1.82, 2.24) is 0 Å². The third kappa shape index (κ3) is 5.10. The molecule has 6 nitrogen and oxygen atoms in total. The molecule has 0 aliphatic carbocycles. The summed E-state index contributed by atoms with van der Waals surface area (Å²) in [7, 11) is 0. The maximum atomic E-state index is 12.8. The fourth-order valence-corrected chi connectivity index (χ4v) is 3.39. The first-order valence-electron chi connectivity index (χ1n) is 10.2. The van der Waals surface area contributed by atoms with Crippen molar-refractivity contribution in [2.24, 2.45) is 0 Å². The molecule has 0 atom stereocenters. The number of ether oxygens (including phenoxy) is 3. The fourth-order valence-electron chi connectivity index (χ4n) is 3.27. The van der Waals surface area contributed by atoms with Crippen LogP contribution in [0.15, 0.2) is 84.9 Å². The normalized spacial score (nSPS) is 10.5. The number of rotatable bonds is 7. The van der Waals surface area contributed by atoms with Crippen LogP contribution in [0.5, 0.6) is 23.0 Å². The summed E-state index contributed by atoms with van der Waals surface area (Å²) in [6.45, 7) is 2.42. The van der Waals surface area contributed by atoms with Crippen molar-refractivity contribution in [3.63, 3.8) is 0 Å². The molecule has 4 aromatic rings. The number of thiol groups is 1. The van der Waals surface area contributed by atoms with E-state index in [0.717, 1.165) is 5.39 Å². The molecular weight excluding hydrogens is 440 g/mol. The molecule has 0 aliphatic heterocycles. The van der Waals surface area contributed by atoms with Gasteiger partial charge in [-0.25, -0.2) is 9.59 Å². The molecule has 0 bridgehead atoms. The molecule has 0 radical (unpaired) electrons. The summed E-state index contributed by atoms with van der Waals surface area (Å²) in [5, 5.41) is 1.28. The fraction of sp³-hybridized carbons (Fsp3) is 0.0769. The van der Waals surface area contributed by atoms with Gasteiger partial charge in [0.1, 0.15) is 23.0 Å². The van der Waals surface area contributed by atoms with Crippen LogP contribution < -0.4 is 18.4 Å². The summed E-state index contributed by atoms with van der Waals surface area (Å²) in [5.74, 6) is 0.650. The van der Waals surface area contributed by atoms with Crippen molar-refractivity contribution in [2.75, 3.05) is 6.61 Å². The number of esters is 2. The van der Waals surface area contributed by atoms with Crippen LogP contribution in [0.3, 0.4) is 0 Å². The number of carbonyl (C=O) groups excluding carboxylic acids is 2. The molecular formula is C26H20O6S. The number of hydrogen-bond acceptors (Lipinski definition) is 7. The Bertz CT molecular complexity index is 1280. The zero-order valence-corrected chi connectivity index (χ0v) is 18.6. The molecule has 4 rings (SSSR count). The monoisotopic (exact) mass is 460 g/mol. The number of hydrogen-bond donors (Lipinski definition) is 1. The van der Waals surface area contributed by atoms with Gasteiger partial charge in [0.2, 0.25) is 0 Å². The molecule has 0 saturated carbocycles. The first kappa shape index (κ1) is 22.2. The molecule has 7 heteroatoms. The van der Waals surface area contributed by atoms with Gasteiger partial charge in [-0.3, -0.25) is 0 Å². The molecule has 0 heterocycles. The summed E-state index contributed by atoms with van der Waals surface area (Å²) in [6.07, 6.45) is 0. The molecule has 0 N–H and O–H groups in total. The summed E-state index contributed by atoms with van der Waals surface area (Å²) < 4.78 is 21.6. The first-order valence-corrected chi connectivity index (χ1v) is 10.6. The highest BCUT2D eigenvalue weighted by atomic mass is 32.1. The highest BCUT2D eigenvalue weighted by Gasteiger charge is 2.17. The quantitative estimate of drug-likeness (QED) is 0.160. The average molecular weight is 461 g/mol. The number of carbonyl (C=O) groups is 2.